The predicted molar refractivity (Wildman–Crippen MR) is 91.1 cm³/mol. The maximum absolute atomic E-state index is 5.04. The number of methoxy groups -OCH3 is 1. The van der Waals surface area contributed by atoms with Gasteiger partial charge in [-0.3, -0.25) is 9.89 Å². The van der Waals surface area contributed by atoms with Gasteiger partial charge in [0.1, 0.15) is 0 Å². The van der Waals surface area contributed by atoms with Crippen molar-refractivity contribution < 1.29 is 4.74 Å². The largest absolute Gasteiger partial charge is 0.383 e. The summed E-state index contributed by atoms with van der Waals surface area (Å²) >= 11 is 0. The average Bonchev–Trinajstić information content (AvgIpc) is 2.99. The van der Waals surface area contributed by atoms with E-state index in [1.807, 2.05) is 0 Å². The zero-order valence-corrected chi connectivity index (χ0v) is 13.7. The first-order valence-corrected chi connectivity index (χ1v) is 8.05. The molecular weight excluding hydrogens is 276 g/mol. The molecule has 0 amide bonds. The quantitative estimate of drug-likeness (QED) is 0.455. The Bertz CT molecular complexity index is 449. The summed E-state index contributed by atoms with van der Waals surface area (Å²) in [5.41, 5.74) is 1.39. The maximum atomic E-state index is 5.04. The summed E-state index contributed by atoms with van der Waals surface area (Å²) in [5, 5.41) is 6.68. The first-order chi connectivity index (χ1) is 10.8. The molecule has 1 unspecified atom stereocenters. The molecule has 22 heavy (non-hydrogen) atoms. The molecule has 1 aliphatic rings. The smallest absolute Gasteiger partial charge is 0.191 e. The molecule has 5 heteroatoms. The summed E-state index contributed by atoms with van der Waals surface area (Å²) in [4.78, 5) is 6.81. The number of likely N-dealkylation sites (tertiary alicyclic amines) is 1. The lowest BCUT2D eigenvalue weighted by Gasteiger charge is -2.25. The van der Waals surface area contributed by atoms with Crippen LogP contribution in [0.25, 0.3) is 0 Å². The minimum Gasteiger partial charge on any atom is -0.383 e. The molecule has 0 spiro atoms. The molecule has 5 nitrogen and oxygen atoms in total. The first-order valence-electron chi connectivity index (χ1n) is 8.05. The van der Waals surface area contributed by atoms with Crippen molar-refractivity contribution in [1.82, 2.24) is 15.5 Å². The summed E-state index contributed by atoms with van der Waals surface area (Å²) < 4.78 is 5.04. The summed E-state index contributed by atoms with van der Waals surface area (Å²) in [6, 6.07) is 11.3. The zero-order valence-electron chi connectivity index (χ0n) is 13.7. The number of guanidine groups is 1. The van der Waals surface area contributed by atoms with Crippen molar-refractivity contribution in [2.45, 2.75) is 25.4 Å². The van der Waals surface area contributed by atoms with Gasteiger partial charge in [0, 0.05) is 39.8 Å². The van der Waals surface area contributed by atoms with Crippen molar-refractivity contribution in [2.75, 3.05) is 40.4 Å². The molecule has 0 radical (unpaired) electrons. The summed E-state index contributed by atoms with van der Waals surface area (Å²) in [5.74, 6) is 0.851. The molecule has 1 aliphatic heterocycles. The van der Waals surface area contributed by atoms with Crippen LogP contribution in [-0.2, 0) is 11.3 Å². The van der Waals surface area contributed by atoms with Gasteiger partial charge < -0.3 is 15.4 Å². The van der Waals surface area contributed by atoms with E-state index < -0.39 is 0 Å². The number of benzene rings is 1. The molecular formula is C17H28N4O. The van der Waals surface area contributed by atoms with Crippen molar-refractivity contribution in [2.24, 2.45) is 4.99 Å². The van der Waals surface area contributed by atoms with Gasteiger partial charge in [-0.15, -0.1) is 0 Å². The Balaban J connectivity index is 1.78. The van der Waals surface area contributed by atoms with Crippen molar-refractivity contribution in [3.63, 3.8) is 0 Å². The Morgan fingerprint density at radius 3 is 2.86 bits per heavy atom. The van der Waals surface area contributed by atoms with Gasteiger partial charge in [-0.25, -0.2) is 0 Å². The van der Waals surface area contributed by atoms with Crippen molar-refractivity contribution in [3.8, 4) is 0 Å². The Hall–Kier alpha value is -1.59. The monoisotopic (exact) mass is 304 g/mol. The van der Waals surface area contributed by atoms with Crippen LogP contribution in [0.1, 0.15) is 18.4 Å². The fraction of sp³-hybridized carbons (Fsp3) is 0.588. The number of aliphatic imine (C=N–C) groups is 1. The Morgan fingerprint density at radius 1 is 1.32 bits per heavy atom. The topological polar surface area (TPSA) is 48.9 Å². The number of hydrogen-bond acceptors (Lipinski definition) is 3. The molecule has 0 bridgehead atoms. The number of ether oxygens (including phenoxy) is 1. The number of nitrogens with one attached hydrogen (secondary N) is 2. The minimum atomic E-state index is 0.571. The number of rotatable bonds is 7. The van der Waals surface area contributed by atoms with Crippen LogP contribution in [0.15, 0.2) is 35.3 Å². The third kappa shape index (κ3) is 5.31. The molecule has 122 valence electrons. The fourth-order valence-electron chi connectivity index (χ4n) is 2.86. The van der Waals surface area contributed by atoms with Crippen molar-refractivity contribution in [1.29, 1.82) is 0 Å². The molecule has 1 aromatic rings. The second kappa shape index (κ2) is 9.43. The Morgan fingerprint density at radius 2 is 2.14 bits per heavy atom. The third-order valence-electron chi connectivity index (χ3n) is 4.05. The Labute approximate surface area is 133 Å². The van der Waals surface area contributed by atoms with Crippen molar-refractivity contribution in [3.05, 3.63) is 35.9 Å². The lowest BCUT2D eigenvalue weighted by molar-refractivity contribution is 0.203. The van der Waals surface area contributed by atoms with Gasteiger partial charge in [-0.2, -0.15) is 0 Å². The van der Waals surface area contributed by atoms with Gasteiger partial charge in [0.25, 0.3) is 0 Å². The fourth-order valence-corrected chi connectivity index (χ4v) is 2.86. The third-order valence-corrected chi connectivity index (χ3v) is 4.05. The number of nitrogens with zero attached hydrogens (tertiary/aromatic N) is 2. The standard InChI is InChI=1S/C17H28N4O/c1-18-17(19-10-12-22-2)20-13-16-9-6-11-21(16)14-15-7-4-3-5-8-15/h3-5,7-8,16H,6,9-14H2,1-2H3,(H2,18,19,20). The van der Waals surface area contributed by atoms with Crippen LogP contribution in [-0.4, -0.2) is 57.3 Å². The van der Waals surface area contributed by atoms with E-state index in [4.69, 9.17) is 4.74 Å². The molecule has 0 aliphatic carbocycles. The van der Waals surface area contributed by atoms with E-state index in [-0.39, 0.29) is 0 Å². The van der Waals surface area contributed by atoms with Gasteiger partial charge in [0.05, 0.1) is 6.61 Å². The second-order valence-corrected chi connectivity index (χ2v) is 5.62. The predicted octanol–water partition coefficient (Wildman–Crippen LogP) is 1.46. The van der Waals surface area contributed by atoms with E-state index in [0.717, 1.165) is 25.6 Å². The summed E-state index contributed by atoms with van der Waals surface area (Å²) in [6.07, 6.45) is 2.52. The lowest BCUT2D eigenvalue weighted by Crippen LogP contribution is -2.45. The van der Waals surface area contributed by atoms with Gasteiger partial charge in [-0.1, -0.05) is 30.3 Å². The first kappa shape index (κ1) is 16.8. The SMILES string of the molecule is CN=C(NCCOC)NCC1CCCN1Cc1ccccc1. The summed E-state index contributed by atoms with van der Waals surface area (Å²) in [6.45, 7) is 4.60. The van der Waals surface area contributed by atoms with Gasteiger partial charge in [0.2, 0.25) is 0 Å². The van der Waals surface area contributed by atoms with E-state index in [0.29, 0.717) is 12.6 Å². The van der Waals surface area contributed by atoms with Gasteiger partial charge >= 0.3 is 0 Å². The normalized spacial score (nSPS) is 19.4. The van der Waals surface area contributed by atoms with Crippen LogP contribution >= 0.6 is 0 Å². The van der Waals surface area contributed by atoms with Crippen LogP contribution in [0.2, 0.25) is 0 Å². The van der Waals surface area contributed by atoms with Crippen molar-refractivity contribution >= 4 is 5.96 Å². The molecule has 1 heterocycles. The van der Waals surface area contributed by atoms with Crippen LogP contribution < -0.4 is 10.6 Å². The van der Waals surface area contributed by atoms with E-state index in [1.54, 1.807) is 14.2 Å². The molecule has 0 aromatic heterocycles. The average molecular weight is 304 g/mol. The highest BCUT2D eigenvalue weighted by atomic mass is 16.5. The minimum absolute atomic E-state index is 0.571. The molecule has 2 rings (SSSR count). The second-order valence-electron chi connectivity index (χ2n) is 5.62. The van der Waals surface area contributed by atoms with Crippen LogP contribution in [0.3, 0.4) is 0 Å². The Kier molecular flexibility index (Phi) is 7.19. The van der Waals surface area contributed by atoms with Crippen LogP contribution in [0.5, 0.6) is 0 Å². The highest BCUT2D eigenvalue weighted by molar-refractivity contribution is 5.79. The molecule has 1 fully saturated rings. The molecule has 0 saturated carbocycles. The molecule has 2 N–H and O–H groups in total. The highest BCUT2D eigenvalue weighted by Crippen LogP contribution is 2.19. The van der Waals surface area contributed by atoms with E-state index in [2.05, 4.69) is 50.9 Å². The maximum Gasteiger partial charge on any atom is 0.191 e. The summed E-state index contributed by atoms with van der Waals surface area (Å²) in [7, 11) is 3.51. The van der Waals surface area contributed by atoms with Crippen LogP contribution in [0, 0.1) is 0 Å². The number of hydrogen-bond donors (Lipinski definition) is 2. The molecule has 1 atom stereocenters. The van der Waals surface area contributed by atoms with Gasteiger partial charge in [-0.05, 0) is 24.9 Å². The molecule has 1 aromatic carbocycles. The molecule has 1 saturated heterocycles. The zero-order chi connectivity index (χ0) is 15.6. The highest BCUT2D eigenvalue weighted by Gasteiger charge is 2.24. The van der Waals surface area contributed by atoms with Gasteiger partial charge in [0.15, 0.2) is 5.96 Å². The van der Waals surface area contributed by atoms with E-state index in [9.17, 15) is 0 Å². The van der Waals surface area contributed by atoms with E-state index >= 15 is 0 Å². The van der Waals surface area contributed by atoms with Crippen LogP contribution in [0.4, 0.5) is 0 Å². The van der Waals surface area contributed by atoms with E-state index in [1.165, 1.54) is 24.9 Å². The lowest BCUT2D eigenvalue weighted by atomic mass is 10.2.